The van der Waals surface area contributed by atoms with Crippen LogP contribution in [0, 0.1) is 0 Å². The molecule has 30 heavy (non-hydrogen) atoms. The molecule has 5 nitrogen and oxygen atoms in total. The lowest BCUT2D eigenvalue weighted by atomic mass is 9.96. The molecular formula is C20H25Cl2F3N2O3. The number of halogens is 5. The monoisotopic (exact) mass is 468 g/mol. The molecule has 3 rings (SSSR count). The van der Waals surface area contributed by atoms with E-state index in [2.05, 4.69) is 15.0 Å². The minimum absolute atomic E-state index is 0. The molecule has 10 heteroatoms. The lowest BCUT2D eigenvalue weighted by Gasteiger charge is -2.35. The molecule has 1 aliphatic rings. The zero-order chi connectivity index (χ0) is 20.1. The highest BCUT2D eigenvalue weighted by molar-refractivity contribution is 5.85. The largest absolute Gasteiger partial charge is 0.573 e. The van der Waals surface area contributed by atoms with Gasteiger partial charge in [0.15, 0.2) is 11.5 Å². The van der Waals surface area contributed by atoms with Gasteiger partial charge in [0.25, 0.3) is 0 Å². The normalized spacial score (nSPS) is 15.4. The van der Waals surface area contributed by atoms with Crippen LogP contribution in [0.15, 0.2) is 42.5 Å². The van der Waals surface area contributed by atoms with Gasteiger partial charge in [-0.25, -0.2) is 0 Å². The first-order valence-electron chi connectivity index (χ1n) is 8.93. The Morgan fingerprint density at radius 3 is 1.97 bits per heavy atom. The summed E-state index contributed by atoms with van der Waals surface area (Å²) >= 11 is 0. The van der Waals surface area contributed by atoms with Crippen LogP contribution in [0.25, 0.3) is 0 Å². The van der Waals surface area contributed by atoms with Crippen molar-refractivity contribution < 1.29 is 27.4 Å². The van der Waals surface area contributed by atoms with Gasteiger partial charge in [-0.05, 0) is 35.4 Å². The maximum atomic E-state index is 12.4. The van der Waals surface area contributed by atoms with E-state index in [4.69, 9.17) is 9.47 Å². The molecule has 0 radical (unpaired) electrons. The number of hydrogen-bond acceptors (Lipinski definition) is 5. The smallest absolute Gasteiger partial charge is 0.493 e. The van der Waals surface area contributed by atoms with Gasteiger partial charge in [0.2, 0.25) is 0 Å². The predicted molar refractivity (Wildman–Crippen MR) is 113 cm³/mol. The molecule has 1 heterocycles. The second kappa shape index (κ2) is 11.5. The van der Waals surface area contributed by atoms with E-state index >= 15 is 0 Å². The topological polar surface area (TPSA) is 43.0 Å². The molecule has 1 saturated heterocycles. The Balaban J connectivity index is 0.00000225. The van der Waals surface area contributed by atoms with Crippen LogP contribution in [0.4, 0.5) is 13.2 Å². The maximum Gasteiger partial charge on any atom is 0.573 e. The number of methoxy groups -OCH3 is 2. The zero-order valence-electron chi connectivity index (χ0n) is 16.6. The Morgan fingerprint density at radius 2 is 1.43 bits per heavy atom. The van der Waals surface area contributed by atoms with Crippen LogP contribution < -0.4 is 19.5 Å². The minimum atomic E-state index is -4.71. The first-order chi connectivity index (χ1) is 13.4. The zero-order valence-corrected chi connectivity index (χ0v) is 18.2. The molecule has 168 valence electrons. The van der Waals surface area contributed by atoms with Gasteiger partial charge in [-0.15, -0.1) is 38.0 Å². The summed E-state index contributed by atoms with van der Waals surface area (Å²) < 4.78 is 52.1. The van der Waals surface area contributed by atoms with Gasteiger partial charge < -0.3 is 19.5 Å². The maximum absolute atomic E-state index is 12.4. The molecule has 1 fully saturated rings. The molecule has 0 saturated carbocycles. The van der Waals surface area contributed by atoms with Crippen LogP contribution in [-0.2, 0) is 0 Å². The molecule has 0 amide bonds. The average molecular weight is 469 g/mol. The van der Waals surface area contributed by atoms with Crippen molar-refractivity contribution in [2.24, 2.45) is 0 Å². The summed E-state index contributed by atoms with van der Waals surface area (Å²) in [5.41, 5.74) is 1.85. The third-order valence-electron chi connectivity index (χ3n) is 4.67. The Bertz CT molecular complexity index is 786. The first-order valence-corrected chi connectivity index (χ1v) is 8.93. The average Bonchev–Trinajstić information content (AvgIpc) is 2.69. The van der Waals surface area contributed by atoms with Crippen LogP contribution in [0.1, 0.15) is 17.2 Å². The highest BCUT2D eigenvalue weighted by Crippen LogP contribution is 2.36. The number of hydrogen-bond donors (Lipinski definition) is 1. The summed E-state index contributed by atoms with van der Waals surface area (Å²) in [7, 11) is 3.15. The van der Waals surface area contributed by atoms with Crippen LogP contribution in [-0.4, -0.2) is 51.7 Å². The lowest BCUT2D eigenvalue weighted by molar-refractivity contribution is -0.274. The van der Waals surface area contributed by atoms with E-state index in [-0.39, 0.29) is 36.6 Å². The third kappa shape index (κ3) is 6.57. The van der Waals surface area contributed by atoms with Crippen LogP contribution >= 0.6 is 24.8 Å². The van der Waals surface area contributed by atoms with Crippen molar-refractivity contribution in [1.82, 2.24) is 10.2 Å². The van der Waals surface area contributed by atoms with Crippen LogP contribution in [0.2, 0.25) is 0 Å². The quantitative estimate of drug-likeness (QED) is 0.678. The van der Waals surface area contributed by atoms with Gasteiger partial charge >= 0.3 is 6.36 Å². The van der Waals surface area contributed by atoms with E-state index < -0.39 is 6.36 Å². The van der Waals surface area contributed by atoms with Crippen molar-refractivity contribution in [1.29, 1.82) is 0 Å². The van der Waals surface area contributed by atoms with E-state index in [1.54, 1.807) is 26.4 Å². The SMILES string of the molecule is COc1ccc([C@@H](c2ccc(OC(F)(F)F)cc2)N2CCNCC2)cc1OC.Cl.Cl. The Hall–Kier alpha value is -1.87. The summed E-state index contributed by atoms with van der Waals surface area (Å²) in [6.07, 6.45) is -4.71. The molecule has 0 aliphatic carbocycles. The number of nitrogens with zero attached hydrogens (tertiary/aromatic N) is 1. The standard InChI is InChI=1S/C20H23F3N2O3.2ClH/c1-26-17-8-5-15(13-18(17)27-2)19(25-11-9-24-10-12-25)14-3-6-16(7-4-14)28-20(21,22)23;;/h3-8,13,19,24H,9-12H2,1-2H3;2*1H/t19-;;/m1../s1. The summed E-state index contributed by atoms with van der Waals surface area (Å²) in [6.45, 7) is 3.33. The Labute approximate surface area is 186 Å². The van der Waals surface area contributed by atoms with Crippen molar-refractivity contribution in [3.8, 4) is 17.2 Å². The highest BCUT2D eigenvalue weighted by Gasteiger charge is 2.31. The van der Waals surface area contributed by atoms with Gasteiger partial charge in [0.1, 0.15) is 5.75 Å². The number of nitrogens with one attached hydrogen (secondary N) is 1. The van der Waals surface area contributed by atoms with E-state index in [0.29, 0.717) is 11.5 Å². The number of alkyl halides is 3. The molecule has 0 unspecified atom stereocenters. The number of ether oxygens (including phenoxy) is 3. The second-order valence-corrected chi connectivity index (χ2v) is 6.42. The second-order valence-electron chi connectivity index (χ2n) is 6.42. The molecule has 2 aromatic rings. The van der Waals surface area contributed by atoms with Crippen molar-refractivity contribution in [3.63, 3.8) is 0 Å². The van der Waals surface area contributed by atoms with Gasteiger partial charge in [-0.1, -0.05) is 18.2 Å². The van der Waals surface area contributed by atoms with Crippen molar-refractivity contribution in [2.45, 2.75) is 12.4 Å². The molecule has 2 aromatic carbocycles. The lowest BCUT2D eigenvalue weighted by Crippen LogP contribution is -2.45. The summed E-state index contributed by atoms with van der Waals surface area (Å²) in [5, 5.41) is 3.32. The molecule has 1 atom stereocenters. The fraction of sp³-hybridized carbons (Fsp3) is 0.400. The van der Waals surface area contributed by atoms with E-state index in [1.807, 2.05) is 18.2 Å². The Morgan fingerprint density at radius 1 is 0.867 bits per heavy atom. The molecule has 0 aromatic heterocycles. The van der Waals surface area contributed by atoms with Gasteiger partial charge in [-0.2, -0.15) is 0 Å². The summed E-state index contributed by atoms with van der Waals surface area (Å²) in [5.74, 6) is 0.999. The fourth-order valence-electron chi connectivity index (χ4n) is 3.43. The van der Waals surface area contributed by atoms with Gasteiger partial charge in [0.05, 0.1) is 20.3 Å². The highest BCUT2D eigenvalue weighted by atomic mass is 35.5. The summed E-state index contributed by atoms with van der Waals surface area (Å²) in [6, 6.07) is 11.6. The molecular weight excluding hydrogens is 444 g/mol. The number of rotatable bonds is 6. The predicted octanol–water partition coefficient (Wildman–Crippen LogP) is 4.44. The first kappa shape index (κ1) is 26.2. The molecule has 0 bridgehead atoms. The fourth-order valence-corrected chi connectivity index (χ4v) is 3.43. The van der Waals surface area contributed by atoms with Gasteiger partial charge in [0, 0.05) is 26.2 Å². The van der Waals surface area contributed by atoms with Crippen molar-refractivity contribution in [2.75, 3.05) is 40.4 Å². The van der Waals surface area contributed by atoms with Gasteiger partial charge in [-0.3, -0.25) is 4.90 Å². The number of piperazine rings is 1. The van der Waals surface area contributed by atoms with E-state index in [9.17, 15) is 13.2 Å². The van der Waals surface area contributed by atoms with Crippen LogP contribution in [0.5, 0.6) is 17.2 Å². The Kier molecular flexibility index (Phi) is 10.0. The van der Waals surface area contributed by atoms with Crippen LogP contribution in [0.3, 0.4) is 0 Å². The number of benzene rings is 2. The molecule has 0 spiro atoms. The van der Waals surface area contributed by atoms with E-state index in [0.717, 1.165) is 37.3 Å². The minimum Gasteiger partial charge on any atom is -0.493 e. The molecule has 1 N–H and O–H groups in total. The third-order valence-corrected chi connectivity index (χ3v) is 4.67. The van der Waals surface area contributed by atoms with Crippen molar-refractivity contribution >= 4 is 24.8 Å². The molecule has 1 aliphatic heterocycles. The van der Waals surface area contributed by atoms with Crippen molar-refractivity contribution in [3.05, 3.63) is 53.6 Å². The van der Waals surface area contributed by atoms with E-state index in [1.165, 1.54) is 12.1 Å². The summed E-state index contributed by atoms with van der Waals surface area (Å²) in [4.78, 5) is 2.29.